The first-order chi connectivity index (χ1) is 8.04. The number of nitrogens with one attached hydrogen (secondary N) is 1. The Morgan fingerprint density at radius 3 is 2.53 bits per heavy atom. The van der Waals surface area contributed by atoms with Crippen molar-refractivity contribution in [2.75, 3.05) is 13.2 Å². The molecule has 0 aromatic heterocycles. The molecule has 0 heterocycles. The van der Waals surface area contributed by atoms with Gasteiger partial charge in [-0.15, -0.1) is 0 Å². The zero-order valence-electron chi connectivity index (χ0n) is 10.1. The van der Waals surface area contributed by atoms with Crippen LogP contribution in [-0.2, 0) is 0 Å². The first-order valence-electron chi connectivity index (χ1n) is 6.45. The van der Waals surface area contributed by atoms with Gasteiger partial charge < -0.3 is 10.4 Å². The molecule has 2 atom stereocenters. The Morgan fingerprint density at radius 1 is 1.12 bits per heavy atom. The van der Waals surface area contributed by atoms with Crippen LogP contribution >= 0.6 is 0 Å². The van der Waals surface area contributed by atoms with E-state index in [2.05, 4.69) is 5.32 Å². The molecule has 1 fully saturated rings. The summed E-state index contributed by atoms with van der Waals surface area (Å²) >= 11 is 0. The summed E-state index contributed by atoms with van der Waals surface area (Å²) in [6.07, 6.45) is 0.627. The van der Waals surface area contributed by atoms with Crippen LogP contribution in [0.5, 0.6) is 0 Å². The molecule has 0 saturated heterocycles. The van der Waals surface area contributed by atoms with Crippen molar-refractivity contribution in [2.45, 2.75) is 57.2 Å². The number of unbranched alkanes of at least 4 members (excludes halogenated alkanes) is 2. The minimum atomic E-state index is -4.03. The molecule has 0 radical (unpaired) electrons. The first kappa shape index (κ1) is 14.8. The van der Waals surface area contributed by atoms with E-state index in [-0.39, 0.29) is 25.5 Å². The van der Waals surface area contributed by atoms with Crippen LogP contribution in [0.4, 0.5) is 13.2 Å². The molecule has 0 aromatic carbocycles. The molecule has 5 heteroatoms. The lowest BCUT2D eigenvalue weighted by molar-refractivity contribution is -0.183. The number of aliphatic hydroxyl groups excluding tert-OH is 1. The molecule has 0 aliphatic heterocycles. The molecular weight excluding hydrogens is 231 g/mol. The van der Waals surface area contributed by atoms with Crippen molar-refractivity contribution in [3.05, 3.63) is 0 Å². The van der Waals surface area contributed by atoms with E-state index in [4.69, 9.17) is 5.11 Å². The van der Waals surface area contributed by atoms with Crippen molar-refractivity contribution >= 4 is 0 Å². The van der Waals surface area contributed by atoms with Gasteiger partial charge in [0.1, 0.15) is 0 Å². The zero-order chi connectivity index (χ0) is 12.7. The molecule has 0 spiro atoms. The predicted octanol–water partition coefficient (Wildman–Crippen LogP) is 2.86. The monoisotopic (exact) mass is 253 g/mol. The van der Waals surface area contributed by atoms with E-state index in [9.17, 15) is 13.2 Å². The van der Waals surface area contributed by atoms with E-state index in [1.165, 1.54) is 0 Å². The van der Waals surface area contributed by atoms with Gasteiger partial charge in [0, 0.05) is 12.6 Å². The van der Waals surface area contributed by atoms with Crippen molar-refractivity contribution in [3.8, 4) is 0 Å². The summed E-state index contributed by atoms with van der Waals surface area (Å²) in [5.74, 6) is -1.12. The maximum Gasteiger partial charge on any atom is 0.391 e. The molecule has 0 amide bonds. The Balaban J connectivity index is 2.17. The summed E-state index contributed by atoms with van der Waals surface area (Å²) in [6.45, 7) is 0.953. The molecule has 2 nitrogen and oxygen atoms in total. The maximum atomic E-state index is 12.5. The van der Waals surface area contributed by atoms with Gasteiger partial charge in [-0.05, 0) is 45.1 Å². The second kappa shape index (κ2) is 7.21. The standard InChI is InChI=1S/C12H22F3NO/c13-12(14,15)10-5-4-6-11(9-10)16-7-2-1-3-8-17/h10-11,16-17H,1-9H2. The summed E-state index contributed by atoms with van der Waals surface area (Å²) in [4.78, 5) is 0. The maximum absolute atomic E-state index is 12.5. The molecule has 17 heavy (non-hydrogen) atoms. The highest BCUT2D eigenvalue weighted by Crippen LogP contribution is 2.37. The molecule has 1 aliphatic carbocycles. The van der Waals surface area contributed by atoms with Gasteiger partial charge in [-0.1, -0.05) is 6.42 Å². The summed E-state index contributed by atoms with van der Waals surface area (Å²) < 4.78 is 37.6. The van der Waals surface area contributed by atoms with Crippen LogP contribution in [0, 0.1) is 5.92 Å². The van der Waals surface area contributed by atoms with Crippen molar-refractivity contribution in [3.63, 3.8) is 0 Å². The number of rotatable bonds is 6. The highest BCUT2D eigenvalue weighted by atomic mass is 19.4. The van der Waals surface area contributed by atoms with Gasteiger partial charge in [0.2, 0.25) is 0 Å². The van der Waals surface area contributed by atoms with Crippen LogP contribution < -0.4 is 5.32 Å². The topological polar surface area (TPSA) is 32.3 Å². The number of halogens is 3. The lowest BCUT2D eigenvalue weighted by atomic mass is 9.85. The molecule has 0 aromatic rings. The Hall–Kier alpha value is -0.290. The number of aliphatic hydroxyl groups is 1. The molecule has 0 bridgehead atoms. The summed E-state index contributed by atoms with van der Waals surface area (Å²) in [6, 6.07) is 0.0181. The summed E-state index contributed by atoms with van der Waals surface area (Å²) in [7, 11) is 0. The van der Waals surface area contributed by atoms with Crippen LogP contribution in [0.2, 0.25) is 0 Å². The van der Waals surface area contributed by atoms with Gasteiger partial charge >= 0.3 is 6.18 Å². The molecule has 102 valence electrons. The molecule has 1 saturated carbocycles. The van der Waals surface area contributed by atoms with Crippen LogP contribution in [-0.4, -0.2) is 30.5 Å². The highest BCUT2D eigenvalue weighted by Gasteiger charge is 2.41. The second-order valence-corrected chi connectivity index (χ2v) is 4.84. The van der Waals surface area contributed by atoms with Gasteiger partial charge in [-0.25, -0.2) is 0 Å². The zero-order valence-corrected chi connectivity index (χ0v) is 10.1. The summed E-state index contributed by atoms with van der Waals surface area (Å²) in [5.41, 5.74) is 0. The van der Waals surface area contributed by atoms with E-state index >= 15 is 0 Å². The Kier molecular flexibility index (Phi) is 6.27. The first-order valence-corrected chi connectivity index (χ1v) is 6.45. The van der Waals surface area contributed by atoms with Crippen molar-refractivity contribution in [1.29, 1.82) is 0 Å². The number of hydrogen-bond acceptors (Lipinski definition) is 2. The summed E-state index contributed by atoms with van der Waals surface area (Å²) in [5, 5.41) is 11.8. The molecule has 1 aliphatic rings. The fourth-order valence-corrected chi connectivity index (χ4v) is 2.39. The minimum Gasteiger partial charge on any atom is -0.396 e. The van der Waals surface area contributed by atoms with Crippen LogP contribution in [0.15, 0.2) is 0 Å². The Labute approximate surface area is 101 Å². The average molecular weight is 253 g/mol. The van der Waals surface area contributed by atoms with Crippen molar-refractivity contribution in [1.82, 2.24) is 5.32 Å². The fraction of sp³-hybridized carbons (Fsp3) is 1.00. The minimum absolute atomic E-state index is 0.0181. The second-order valence-electron chi connectivity index (χ2n) is 4.84. The van der Waals surface area contributed by atoms with Gasteiger partial charge in [0.25, 0.3) is 0 Å². The number of hydrogen-bond donors (Lipinski definition) is 2. The average Bonchev–Trinajstić information content (AvgIpc) is 2.28. The number of alkyl halides is 3. The van der Waals surface area contributed by atoms with Crippen LogP contribution in [0.1, 0.15) is 44.9 Å². The third-order valence-corrected chi connectivity index (χ3v) is 3.41. The highest BCUT2D eigenvalue weighted by molar-refractivity contribution is 4.81. The van der Waals surface area contributed by atoms with Crippen molar-refractivity contribution < 1.29 is 18.3 Å². The fourth-order valence-electron chi connectivity index (χ4n) is 2.39. The third kappa shape index (κ3) is 5.73. The van der Waals surface area contributed by atoms with Gasteiger partial charge in [0.15, 0.2) is 0 Å². The normalized spacial score (nSPS) is 26.1. The van der Waals surface area contributed by atoms with E-state index < -0.39 is 12.1 Å². The SMILES string of the molecule is OCCCCCNC1CCCC(C(F)(F)F)C1. The molecular formula is C12H22F3NO. The lowest BCUT2D eigenvalue weighted by Crippen LogP contribution is -2.39. The largest absolute Gasteiger partial charge is 0.396 e. The van der Waals surface area contributed by atoms with E-state index in [1.54, 1.807) is 0 Å². The van der Waals surface area contributed by atoms with Crippen LogP contribution in [0.3, 0.4) is 0 Å². The van der Waals surface area contributed by atoms with Gasteiger partial charge in [-0.2, -0.15) is 13.2 Å². The predicted molar refractivity (Wildman–Crippen MR) is 60.7 cm³/mol. The van der Waals surface area contributed by atoms with Gasteiger partial charge in [0.05, 0.1) is 5.92 Å². The molecule has 2 N–H and O–H groups in total. The Bertz CT molecular complexity index is 208. The van der Waals surface area contributed by atoms with Crippen molar-refractivity contribution in [2.24, 2.45) is 5.92 Å². The van der Waals surface area contributed by atoms with Crippen LogP contribution in [0.25, 0.3) is 0 Å². The smallest absolute Gasteiger partial charge is 0.391 e. The van der Waals surface area contributed by atoms with Gasteiger partial charge in [-0.3, -0.25) is 0 Å². The van der Waals surface area contributed by atoms with E-state index in [0.29, 0.717) is 6.42 Å². The third-order valence-electron chi connectivity index (χ3n) is 3.41. The quantitative estimate of drug-likeness (QED) is 0.713. The Morgan fingerprint density at radius 2 is 1.88 bits per heavy atom. The lowest BCUT2D eigenvalue weighted by Gasteiger charge is -2.31. The molecule has 2 unspecified atom stereocenters. The van der Waals surface area contributed by atoms with E-state index in [1.807, 2.05) is 0 Å². The molecule has 1 rings (SSSR count). The van der Waals surface area contributed by atoms with E-state index in [0.717, 1.165) is 32.2 Å².